The van der Waals surface area contributed by atoms with Gasteiger partial charge in [-0.25, -0.2) is 4.98 Å². The van der Waals surface area contributed by atoms with E-state index in [1.165, 1.54) is 0 Å². The maximum atomic E-state index is 12.1. The second-order valence-corrected chi connectivity index (χ2v) is 8.84. The van der Waals surface area contributed by atoms with Crippen LogP contribution >= 0.6 is 0 Å². The Kier molecular flexibility index (Phi) is 7.42. The Morgan fingerprint density at radius 2 is 1.97 bits per heavy atom. The van der Waals surface area contributed by atoms with Crippen molar-refractivity contribution in [3.8, 4) is 0 Å². The first kappa shape index (κ1) is 22.2. The van der Waals surface area contributed by atoms with Gasteiger partial charge in [-0.2, -0.15) is 4.98 Å². The summed E-state index contributed by atoms with van der Waals surface area (Å²) in [6.07, 6.45) is 3.57. The van der Waals surface area contributed by atoms with Crippen molar-refractivity contribution in [2.75, 3.05) is 37.6 Å². The van der Waals surface area contributed by atoms with Crippen LogP contribution in [0.25, 0.3) is 0 Å². The molecule has 8 heteroatoms. The molecule has 0 saturated carbocycles. The van der Waals surface area contributed by atoms with Crippen LogP contribution in [0.5, 0.6) is 0 Å². The van der Waals surface area contributed by atoms with Crippen LogP contribution in [0.4, 0.5) is 5.82 Å². The lowest BCUT2D eigenvalue weighted by atomic mass is 9.96. The van der Waals surface area contributed by atoms with Crippen LogP contribution in [-0.4, -0.2) is 58.7 Å². The van der Waals surface area contributed by atoms with Gasteiger partial charge in [0.15, 0.2) is 5.82 Å². The van der Waals surface area contributed by atoms with E-state index < -0.39 is 0 Å². The minimum absolute atomic E-state index is 0.0188. The predicted octanol–water partition coefficient (Wildman–Crippen LogP) is 2.54. The van der Waals surface area contributed by atoms with Gasteiger partial charge in [0, 0.05) is 57.2 Å². The van der Waals surface area contributed by atoms with Gasteiger partial charge in [0.25, 0.3) is 0 Å². The van der Waals surface area contributed by atoms with E-state index >= 15 is 0 Å². The molecule has 0 spiro atoms. The molecule has 164 valence electrons. The number of hydrogen-bond acceptors (Lipinski definition) is 7. The fourth-order valence-corrected chi connectivity index (χ4v) is 3.35. The molecule has 1 aliphatic heterocycles. The highest BCUT2D eigenvalue weighted by atomic mass is 16.5. The van der Waals surface area contributed by atoms with E-state index in [-0.39, 0.29) is 11.3 Å². The fourth-order valence-electron chi connectivity index (χ4n) is 3.35. The monoisotopic (exact) mass is 414 g/mol. The van der Waals surface area contributed by atoms with Crippen molar-refractivity contribution >= 4 is 11.7 Å². The molecular weight excluding hydrogens is 380 g/mol. The van der Waals surface area contributed by atoms with E-state index in [9.17, 15) is 4.79 Å². The number of nitrogens with one attached hydrogen (secondary N) is 1. The number of aromatic nitrogens is 3. The molecule has 8 nitrogen and oxygen atoms in total. The summed E-state index contributed by atoms with van der Waals surface area (Å²) in [6.45, 7) is 14.1. The van der Waals surface area contributed by atoms with Crippen LogP contribution in [0, 0.1) is 0 Å². The number of aryl methyl sites for hydroxylation is 1. The minimum atomic E-state index is -0.132. The van der Waals surface area contributed by atoms with Gasteiger partial charge in [0.1, 0.15) is 5.82 Å². The smallest absolute Gasteiger partial charge is 0.226 e. The largest absolute Gasteiger partial charge is 0.354 e. The normalized spacial score (nSPS) is 15.4. The molecule has 0 aliphatic carbocycles. The minimum Gasteiger partial charge on any atom is -0.354 e. The number of carbonyl (C=O) groups excluding carboxylic acids is 1. The maximum absolute atomic E-state index is 12.1. The van der Waals surface area contributed by atoms with Crippen molar-refractivity contribution in [3.05, 3.63) is 35.6 Å². The number of rotatable bonds is 8. The first-order chi connectivity index (χ1) is 14.3. The molecule has 0 atom stereocenters. The summed E-state index contributed by atoms with van der Waals surface area (Å²) >= 11 is 0. The third-order valence-electron chi connectivity index (χ3n) is 5.38. The van der Waals surface area contributed by atoms with Crippen LogP contribution in [0.2, 0.25) is 0 Å². The van der Waals surface area contributed by atoms with Crippen molar-refractivity contribution in [2.24, 2.45) is 0 Å². The quantitative estimate of drug-likeness (QED) is 0.710. The molecule has 1 aliphatic rings. The van der Waals surface area contributed by atoms with Crippen LogP contribution in [0.15, 0.2) is 22.9 Å². The molecule has 30 heavy (non-hydrogen) atoms. The van der Waals surface area contributed by atoms with E-state index in [4.69, 9.17) is 4.52 Å². The number of carbonyl (C=O) groups is 1. The zero-order valence-corrected chi connectivity index (χ0v) is 18.6. The molecule has 1 fully saturated rings. The summed E-state index contributed by atoms with van der Waals surface area (Å²) in [5, 5.41) is 6.97. The highest BCUT2D eigenvalue weighted by Gasteiger charge is 2.21. The van der Waals surface area contributed by atoms with E-state index in [0.29, 0.717) is 37.5 Å². The fraction of sp³-hybridized carbons (Fsp3) is 0.636. The zero-order chi connectivity index (χ0) is 21.6. The summed E-state index contributed by atoms with van der Waals surface area (Å²) in [5.74, 6) is 2.32. The van der Waals surface area contributed by atoms with Gasteiger partial charge in [-0.05, 0) is 24.6 Å². The van der Waals surface area contributed by atoms with Crippen molar-refractivity contribution in [1.82, 2.24) is 25.3 Å². The number of likely N-dealkylation sites (N-methyl/N-ethyl adjacent to an activating group) is 1. The summed E-state index contributed by atoms with van der Waals surface area (Å²) in [4.78, 5) is 25.9. The van der Waals surface area contributed by atoms with Crippen molar-refractivity contribution < 1.29 is 9.32 Å². The Hall–Kier alpha value is -2.48. The average molecular weight is 415 g/mol. The number of anilines is 1. The molecule has 1 amide bonds. The predicted molar refractivity (Wildman–Crippen MR) is 116 cm³/mol. The Labute approximate surface area is 179 Å². The van der Waals surface area contributed by atoms with Crippen molar-refractivity contribution in [3.63, 3.8) is 0 Å². The molecule has 1 N–H and O–H groups in total. The molecular formula is C22H34N6O2. The molecule has 3 heterocycles. The van der Waals surface area contributed by atoms with Gasteiger partial charge >= 0.3 is 0 Å². The molecule has 2 aromatic heterocycles. The van der Waals surface area contributed by atoms with Gasteiger partial charge < -0.3 is 19.6 Å². The van der Waals surface area contributed by atoms with E-state index in [0.717, 1.165) is 44.1 Å². The Balaban J connectivity index is 1.37. The van der Waals surface area contributed by atoms with Gasteiger partial charge in [0.2, 0.25) is 11.8 Å². The number of nitrogens with zero attached hydrogens (tertiary/aromatic N) is 5. The summed E-state index contributed by atoms with van der Waals surface area (Å²) in [7, 11) is 0. The molecule has 0 unspecified atom stereocenters. The molecule has 0 bridgehead atoms. The second-order valence-electron chi connectivity index (χ2n) is 8.84. The van der Waals surface area contributed by atoms with Crippen LogP contribution in [-0.2, 0) is 23.2 Å². The summed E-state index contributed by atoms with van der Waals surface area (Å²) in [5.41, 5.74) is 0.873. The second kappa shape index (κ2) is 10.0. The molecule has 0 aromatic carbocycles. The molecule has 2 aromatic rings. The van der Waals surface area contributed by atoms with Gasteiger partial charge in [0.05, 0.1) is 0 Å². The standard InChI is InChI=1S/C22H34N6O2/c1-5-27-11-13-28(14-12-27)18-10-9-17(15-23-18)16-24-19(29)7-6-8-20-25-21(26-30-20)22(2,3)4/h9-10,15H,5-8,11-14,16H2,1-4H3,(H,24,29). The van der Waals surface area contributed by atoms with E-state index in [1.807, 2.05) is 39.1 Å². The zero-order valence-electron chi connectivity index (χ0n) is 18.6. The SMILES string of the molecule is CCN1CCN(c2ccc(CNC(=O)CCCc3nc(C(C)(C)C)no3)cn2)CC1. The lowest BCUT2D eigenvalue weighted by Crippen LogP contribution is -2.46. The lowest BCUT2D eigenvalue weighted by molar-refractivity contribution is -0.121. The Morgan fingerprint density at radius 1 is 1.20 bits per heavy atom. The lowest BCUT2D eigenvalue weighted by Gasteiger charge is -2.34. The van der Waals surface area contributed by atoms with Crippen LogP contribution < -0.4 is 10.2 Å². The summed E-state index contributed by atoms with van der Waals surface area (Å²) < 4.78 is 5.27. The van der Waals surface area contributed by atoms with Crippen molar-refractivity contribution in [2.45, 2.75) is 58.9 Å². The number of amides is 1. The Bertz CT molecular complexity index is 804. The van der Waals surface area contributed by atoms with Crippen LogP contribution in [0.3, 0.4) is 0 Å². The number of piperazine rings is 1. The van der Waals surface area contributed by atoms with E-state index in [1.54, 1.807) is 0 Å². The number of pyridine rings is 1. The van der Waals surface area contributed by atoms with Gasteiger partial charge in [-0.3, -0.25) is 4.79 Å². The highest BCUT2D eigenvalue weighted by molar-refractivity contribution is 5.75. The van der Waals surface area contributed by atoms with Crippen molar-refractivity contribution in [1.29, 1.82) is 0 Å². The molecule has 3 rings (SSSR count). The molecule has 0 radical (unpaired) electrons. The van der Waals surface area contributed by atoms with Gasteiger partial charge in [-0.1, -0.05) is 38.9 Å². The average Bonchev–Trinajstić information content (AvgIpc) is 3.22. The first-order valence-corrected chi connectivity index (χ1v) is 10.9. The number of hydrogen-bond donors (Lipinski definition) is 1. The molecule has 1 saturated heterocycles. The first-order valence-electron chi connectivity index (χ1n) is 10.9. The van der Waals surface area contributed by atoms with Gasteiger partial charge in [-0.15, -0.1) is 0 Å². The van der Waals surface area contributed by atoms with Crippen LogP contribution in [0.1, 0.15) is 57.8 Å². The van der Waals surface area contributed by atoms with E-state index in [2.05, 4.69) is 37.2 Å². The third-order valence-corrected chi connectivity index (χ3v) is 5.38. The maximum Gasteiger partial charge on any atom is 0.226 e. The summed E-state index contributed by atoms with van der Waals surface area (Å²) in [6, 6.07) is 4.09. The third kappa shape index (κ3) is 6.26. The topological polar surface area (TPSA) is 87.4 Å². The Morgan fingerprint density at radius 3 is 2.57 bits per heavy atom. The highest BCUT2D eigenvalue weighted by Crippen LogP contribution is 2.19.